The van der Waals surface area contributed by atoms with Gasteiger partial charge in [-0.1, -0.05) is 0 Å². The van der Waals surface area contributed by atoms with Crippen molar-refractivity contribution in [2.75, 3.05) is 0 Å². The van der Waals surface area contributed by atoms with Gasteiger partial charge in [0.15, 0.2) is 0 Å². The van der Waals surface area contributed by atoms with E-state index >= 15 is 0 Å². The van der Waals surface area contributed by atoms with Gasteiger partial charge in [0.2, 0.25) is 11.8 Å². The topological polar surface area (TPSA) is 63.4 Å². The van der Waals surface area contributed by atoms with Crippen LogP contribution in [0.2, 0.25) is 0 Å². The van der Waals surface area contributed by atoms with Gasteiger partial charge in [-0.15, -0.1) is 12.4 Å². The van der Waals surface area contributed by atoms with Crippen molar-refractivity contribution in [3.05, 3.63) is 0 Å². The number of carbonyl (C=O) groups is 2. The largest absolute Gasteiger partial charge is 0.328 e. The average molecular weight is 233 g/mol. The maximum atomic E-state index is 11.4. The number of likely N-dealkylation sites (tertiary alicyclic amines) is 1. The summed E-state index contributed by atoms with van der Waals surface area (Å²) in [6.07, 6.45) is 4.45. The van der Waals surface area contributed by atoms with Crippen molar-refractivity contribution in [1.82, 2.24) is 4.90 Å². The summed E-state index contributed by atoms with van der Waals surface area (Å²) < 4.78 is 0. The molecule has 0 aromatic rings. The van der Waals surface area contributed by atoms with E-state index in [1.54, 1.807) is 0 Å². The lowest BCUT2D eigenvalue weighted by Gasteiger charge is -2.31. The van der Waals surface area contributed by atoms with Crippen LogP contribution >= 0.6 is 12.4 Å². The molecule has 0 bridgehead atoms. The zero-order chi connectivity index (χ0) is 10.1. The molecule has 2 rings (SSSR count). The van der Waals surface area contributed by atoms with Crippen LogP contribution in [0.4, 0.5) is 0 Å². The Balaban J connectivity index is 0.00000112. The van der Waals surface area contributed by atoms with E-state index in [4.69, 9.17) is 5.73 Å². The molecule has 86 valence electrons. The highest BCUT2D eigenvalue weighted by Gasteiger charge is 2.36. The number of rotatable bonds is 1. The van der Waals surface area contributed by atoms with Crippen molar-refractivity contribution in [3.63, 3.8) is 0 Å². The number of nitrogens with zero attached hydrogens (tertiary/aromatic N) is 1. The highest BCUT2D eigenvalue weighted by Crippen LogP contribution is 2.26. The summed E-state index contributed by atoms with van der Waals surface area (Å²) in [5, 5.41) is 0. The van der Waals surface area contributed by atoms with Crippen LogP contribution < -0.4 is 5.73 Å². The van der Waals surface area contributed by atoms with Crippen molar-refractivity contribution in [3.8, 4) is 0 Å². The molecule has 0 unspecified atom stereocenters. The maximum absolute atomic E-state index is 11.4. The number of amides is 2. The Morgan fingerprint density at radius 2 is 1.47 bits per heavy atom. The van der Waals surface area contributed by atoms with Crippen molar-refractivity contribution in [2.24, 2.45) is 5.73 Å². The van der Waals surface area contributed by atoms with E-state index in [9.17, 15) is 9.59 Å². The maximum Gasteiger partial charge on any atom is 0.229 e. The van der Waals surface area contributed by atoms with Crippen molar-refractivity contribution in [1.29, 1.82) is 0 Å². The summed E-state index contributed by atoms with van der Waals surface area (Å²) in [5.74, 6) is 0.0194. The molecular formula is C10H17ClN2O2. The van der Waals surface area contributed by atoms with Gasteiger partial charge in [0.05, 0.1) is 0 Å². The third-order valence-electron chi connectivity index (χ3n) is 3.20. The summed E-state index contributed by atoms with van der Waals surface area (Å²) in [6, 6.07) is 0.399. The predicted molar refractivity (Wildman–Crippen MR) is 58.6 cm³/mol. The van der Waals surface area contributed by atoms with Gasteiger partial charge >= 0.3 is 0 Å². The van der Waals surface area contributed by atoms with Crippen LogP contribution in [0.1, 0.15) is 38.5 Å². The molecule has 1 saturated carbocycles. The normalized spacial score (nSPS) is 31.7. The molecule has 2 N–H and O–H groups in total. The first kappa shape index (κ1) is 12.5. The fourth-order valence-corrected chi connectivity index (χ4v) is 2.36. The Hall–Kier alpha value is -0.610. The summed E-state index contributed by atoms with van der Waals surface area (Å²) in [4.78, 5) is 24.4. The van der Waals surface area contributed by atoms with E-state index in [1.807, 2.05) is 0 Å². The van der Waals surface area contributed by atoms with Gasteiger partial charge in [-0.05, 0) is 25.7 Å². The molecule has 4 nitrogen and oxygen atoms in total. The molecule has 0 atom stereocenters. The van der Waals surface area contributed by atoms with Gasteiger partial charge in [0.1, 0.15) is 0 Å². The standard InChI is InChI=1S/C10H16N2O2.ClH/c11-7-1-3-8(4-2-7)12-9(13)5-6-10(12)14;/h7-8H,1-6,11H2;1H. The second-order valence-electron chi connectivity index (χ2n) is 4.23. The van der Waals surface area contributed by atoms with Crippen molar-refractivity contribution in [2.45, 2.75) is 50.6 Å². The fraction of sp³-hybridized carbons (Fsp3) is 0.800. The van der Waals surface area contributed by atoms with Crippen LogP contribution in [0.3, 0.4) is 0 Å². The lowest BCUT2D eigenvalue weighted by atomic mass is 9.91. The molecule has 0 aromatic heterocycles. The first-order valence-corrected chi connectivity index (χ1v) is 5.29. The van der Waals surface area contributed by atoms with Gasteiger partial charge in [0.25, 0.3) is 0 Å². The molecule has 15 heavy (non-hydrogen) atoms. The van der Waals surface area contributed by atoms with Crippen molar-refractivity contribution >= 4 is 24.2 Å². The number of hydrogen-bond donors (Lipinski definition) is 1. The number of nitrogens with two attached hydrogens (primary N) is 1. The van der Waals surface area contributed by atoms with E-state index < -0.39 is 0 Å². The summed E-state index contributed by atoms with van der Waals surface area (Å²) in [7, 11) is 0. The third kappa shape index (κ3) is 2.49. The van der Waals surface area contributed by atoms with E-state index in [0.29, 0.717) is 12.8 Å². The SMILES string of the molecule is Cl.NC1CCC(N2C(=O)CCC2=O)CC1. The van der Waals surface area contributed by atoms with Gasteiger partial charge in [0, 0.05) is 24.9 Å². The summed E-state index contributed by atoms with van der Waals surface area (Å²) >= 11 is 0. The Labute approximate surface area is 95.6 Å². The van der Waals surface area contributed by atoms with Gasteiger partial charge in [-0.3, -0.25) is 14.5 Å². The molecule has 1 aliphatic carbocycles. The highest BCUT2D eigenvalue weighted by atomic mass is 35.5. The zero-order valence-electron chi connectivity index (χ0n) is 8.65. The highest BCUT2D eigenvalue weighted by molar-refractivity contribution is 6.02. The summed E-state index contributed by atoms with van der Waals surface area (Å²) in [5.41, 5.74) is 5.78. The van der Waals surface area contributed by atoms with Gasteiger partial charge in [-0.25, -0.2) is 0 Å². The molecule has 2 aliphatic rings. The minimum absolute atomic E-state index is 0. The van der Waals surface area contributed by atoms with Crippen LogP contribution in [0.15, 0.2) is 0 Å². The minimum Gasteiger partial charge on any atom is -0.328 e. The van der Waals surface area contributed by atoms with Crippen LogP contribution in [0.25, 0.3) is 0 Å². The fourth-order valence-electron chi connectivity index (χ4n) is 2.36. The number of halogens is 1. The molecule has 5 heteroatoms. The van der Waals surface area contributed by atoms with Crippen LogP contribution in [-0.2, 0) is 9.59 Å². The first-order chi connectivity index (χ1) is 6.68. The predicted octanol–water partition coefficient (Wildman–Crippen LogP) is 0.827. The van der Waals surface area contributed by atoms with E-state index in [2.05, 4.69) is 0 Å². The molecular weight excluding hydrogens is 216 g/mol. The zero-order valence-corrected chi connectivity index (χ0v) is 9.46. The number of carbonyl (C=O) groups excluding carboxylic acids is 2. The number of imide groups is 1. The molecule has 0 aromatic carbocycles. The second kappa shape index (κ2) is 4.94. The molecule has 1 aliphatic heterocycles. The molecule has 2 fully saturated rings. The van der Waals surface area contributed by atoms with Crippen molar-refractivity contribution < 1.29 is 9.59 Å². The monoisotopic (exact) mass is 232 g/mol. The Kier molecular flexibility index (Phi) is 4.11. The van der Waals surface area contributed by atoms with E-state index in [-0.39, 0.29) is 36.3 Å². The Bertz CT molecular complexity index is 246. The van der Waals surface area contributed by atoms with E-state index in [0.717, 1.165) is 25.7 Å². The minimum atomic E-state index is 0. The smallest absolute Gasteiger partial charge is 0.229 e. The Morgan fingerprint density at radius 3 is 1.93 bits per heavy atom. The molecule has 0 spiro atoms. The van der Waals surface area contributed by atoms with Gasteiger partial charge in [-0.2, -0.15) is 0 Å². The average Bonchev–Trinajstić information content (AvgIpc) is 2.49. The third-order valence-corrected chi connectivity index (χ3v) is 3.20. The Morgan fingerprint density at radius 1 is 1.00 bits per heavy atom. The number of hydrogen-bond acceptors (Lipinski definition) is 3. The quantitative estimate of drug-likeness (QED) is 0.681. The van der Waals surface area contributed by atoms with Crippen LogP contribution in [-0.4, -0.2) is 28.8 Å². The summed E-state index contributed by atoms with van der Waals surface area (Å²) in [6.45, 7) is 0. The van der Waals surface area contributed by atoms with E-state index in [1.165, 1.54) is 4.90 Å². The molecule has 2 amide bonds. The molecule has 1 saturated heterocycles. The van der Waals surface area contributed by atoms with Crippen LogP contribution in [0.5, 0.6) is 0 Å². The molecule has 1 heterocycles. The van der Waals surface area contributed by atoms with Gasteiger partial charge < -0.3 is 5.73 Å². The van der Waals surface area contributed by atoms with Crippen LogP contribution in [0, 0.1) is 0 Å². The molecule has 0 radical (unpaired) electrons. The first-order valence-electron chi connectivity index (χ1n) is 5.29. The second-order valence-corrected chi connectivity index (χ2v) is 4.23. The lowest BCUT2D eigenvalue weighted by molar-refractivity contribution is -0.141. The lowest BCUT2D eigenvalue weighted by Crippen LogP contribution is -2.43.